The highest BCUT2D eigenvalue weighted by atomic mass is 16.6. The van der Waals surface area contributed by atoms with Crippen molar-refractivity contribution in [2.45, 2.75) is 58.5 Å². The van der Waals surface area contributed by atoms with Gasteiger partial charge in [0, 0.05) is 13.2 Å². The summed E-state index contributed by atoms with van der Waals surface area (Å²) in [5.41, 5.74) is 0.362. The van der Waals surface area contributed by atoms with E-state index >= 15 is 0 Å². The van der Waals surface area contributed by atoms with Crippen LogP contribution in [0, 0.1) is 0 Å². The SMILES string of the molecule is CCCCCCCOC(C(=O)OCCN(CC)CC)(c1ccccc1)c1ccccc1. The highest BCUT2D eigenvalue weighted by Crippen LogP contribution is 2.35. The minimum Gasteiger partial charge on any atom is -0.462 e. The van der Waals surface area contributed by atoms with Crippen molar-refractivity contribution in [1.82, 2.24) is 4.90 Å². The monoisotopic (exact) mass is 425 g/mol. The Kier molecular flexibility index (Phi) is 11.3. The lowest BCUT2D eigenvalue weighted by Crippen LogP contribution is -2.43. The number of hydrogen-bond acceptors (Lipinski definition) is 4. The molecule has 4 nitrogen and oxygen atoms in total. The van der Waals surface area contributed by atoms with Gasteiger partial charge in [-0.3, -0.25) is 0 Å². The smallest absolute Gasteiger partial charge is 0.347 e. The molecule has 0 aromatic heterocycles. The van der Waals surface area contributed by atoms with Crippen molar-refractivity contribution in [3.63, 3.8) is 0 Å². The van der Waals surface area contributed by atoms with Crippen LogP contribution >= 0.6 is 0 Å². The number of benzene rings is 2. The van der Waals surface area contributed by atoms with Gasteiger partial charge in [-0.2, -0.15) is 0 Å². The van der Waals surface area contributed by atoms with Crippen LogP contribution in [0.25, 0.3) is 0 Å². The molecule has 0 N–H and O–H groups in total. The molecule has 2 rings (SSSR count). The van der Waals surface area contributed by atoms with E-state index in [9.17, 15) is 4.79 Å². The van der Waals surface area contributed by atoms with Crippen molar-refractivity contribution < 1.29 is 14.3 Å². The molecule has 0 aliphatic rings. The zero-order valence-corrected chi connectivity index (χ0v) is 19.5. The first-order chi connectivity index (χ1) is 15.2. The molecule has 0 saturated heterocycles. The zero-order chi connectivity index (χ0) is 22.4. The first kappa shape index (κ1) is 25.1. The van der Waals surface area contributed by atoms with Gasteiger partial charge in [-0.25, -0.2) is 4.79 Å². The summed E-state index contributed by atoms with van der Waals surface area (Å²) in [5, 5.41) is 0. The third kappa shape index (κ3) is 7.19. The summed E-state index contributed by atoms with van der Waals surface area (Å²) in [7, 11) is 0. The molecule has 0 spiro atoms. The van der Waals surface area contributed by atoms with Crippen LogP contribution in [0.4, 0.5) is 0 Å². The maximum Gasteiger partial charge on any atom is 0.347 e. The average molecular weight is 426 g/mol. The van der Waals surface area contributed by atoms with Gasteiger partial charge < -0.3 is 14.4 Å². The van der Waals surface area contributed by atoms with Crippen LogP contribution in [0.5, 0.6) is 0 Å². The number of unbranched alkanes of at least 4 members (excludes halogenated alkanes) is 4. The second-order valence-corrected chi connectivity index (χ2v) is 7.84. The van der Waals surface area contributed by atoms with E-state index < -0.39 is 5.60 Å². The first-order valence-electron chi connectivity index (χ1n) is 11.8. The molecule has 0 bridgehead atoms. The van der Waals surface area contributed by atoms with Gasteiger partial charge in [-0.05, 0) is 30.6 Å². The maximum absolute atomic E-state index is 13.6. The molecule has 2 aromatic carbocycles. The fourth-order valence-corrected chi connectivity index (χ4v) is 3.81. The van der Waals surface area contributed by atoms with E-state index in [0.717, 1.165) is 43.6 Å². The van der Waals surface area contributed by atoms with E-state index in [1.165, 1.54) is 19.3 Å². The summed E-state index contributed by atoms with van der Waals surface area (Å²) in [5.74, 6) is -0.342. The second kappa shape index (κ2) is 14.0. The number of likely N-dealkylation sites (N-methyl/N-ethyl adjacent to an activating group) is 1. The predicted molar refractivity (Wildman–Crippen MR) is 127 cm³/mol. The number of ether oxygens (including phenoxy) is 2. The molecule has 0 saturated carbocycles. The summed E-state index contributed by atoms with van der Waals surface area (Å²) >= 11 is 0. The van der Waals surface area contributed by atoms with E-state index in [4.69, 9.17) is 9.47 Å². The van der Waals surface area contributed by atoms with Crippen molar-refractivity contribution in [2.24, 2.45) is 0 Å². The lowest BCUT2D eigenvalue weighted by atomic mass is 9.86. The van der Waals surface area contributed by atoms with Gasteiger partial charge >= 0.3 is 5.97 Å². The van der Waals surface area contributed by atoms with Crippen molar-refractivity contribution in [3.8, 4) is 0 Å². The molecule has 0 heterocycles. The van der Waals surface area contributed by atoms with Crippen LogP contribution in [0.3, 0.4) is 0 Å². The first-order valence-corrected chi connectivity index (χ1v) is 11.8. The third-order valence-electron chi connectivity index (χ3n) is 5.75. The molecule has 0 fully saturated rings. The summed E-state index contributed by atoms with van der Waals surface area (Å²) < 4.78 is 12.3. The Morgan fingerprint density at radius 3 is 1.84 bits per heavy atom. The van der Waals surface area contributed by atoms with Gasteiger partial charge in [0.05, 0.1) is 0 Å². The lowest BCUT2D eigenvalue weighted by molar-refractivity contribution is -0.169. The molecular formula is C27H39NO3. The lowest BCUT2D eigenvalue weighted by Gasteiger charge is -2.33. The van der Waals surface area contributed by atoms with Crippen molar-refractivity contribution in [3.05, 3.63) is 71.8 Å². The second-order valence-electron chi connectivity index (χ2n) is 7.84. The molecule has 0 unspecified atom stereocenters. The van der Waals surface area contributed by atoms with Crippen LogP contribution in [0.2, 0.25) is 0 Å². The fourth-order valence-electron chi connectivity index (χ4n) is 3.81. The van der Waals surface area contributed by atoms with E-state index in [2.05, 4.69) is 25.7 Å². The summed E-state index contributed by atoms with van der Waals surface area (Å²) in [6.07, 6.45) is 5.66. The molecule has 0 radical (unpaired) electrons. The molecule has 2 aromatic rings. The topological polar surface area (TPSA) is 38.8 Å². The number of esters is 1. The van der Waals surface area contributed by atoms with Gasteiger partial charge in [0.15, 0.2) is 0 Å². The number of carbonyl (C=O) groups excluding carboxylic acids is 1. The fraction of sp³-hybridized carbons (Fsp3) is 0.519. The highest BCUT2D eigenvalue weighted by molar-refractivity contribution is 5.85. The Labute approximate surface area is 188 Å². The van der Waals surface area contributed by atoms with Crippen LogP contribution < -0.4 is 0 Å². The minimum atomic E-state index is -1.25. The molecule has 0 atom stereocenters. The van der Waals surface area contributed by atoms with E-state index in [0.29, 0.717) is 13.2 Å². The number of carbonyl (C=O) groups is 1. The quantitative estimate of drug-likeness (QED) is 0.267. The predicted octanol–water partition coefficient (Wildman–Crippen LogP) is 5.80. The molecule has 0 amide bonds. The van der Waals surface area contributed by atoms with Crippen LogP contribution in [-0.4, -0.2) is 43.7 Å². The van der Waals surface area contributed by atoms with Gasteiger partial charge in [0.2, 0.25) is 5.60 Å². The number of nitrogens with zero attached hydrogens (tertiary/aromatic N) is 1. The summed E-state index contributed by atoms with van der Waals surface area (Å²) in [4.78, 5) is 15.9. The van der Waals surface area contributed by atoms with Gasteiger partial charge in [0.1, 0.15) is 6.61 Å². The normalized spacial score (nSPS) is 11.6. The maximum atomic E-state index is 13.6. The Bertz CT molecular complexity index is 689. The van der Waals surface area contributed by atoms with E-state index in [-0.39, 0.29) is 5.97 Å². The largest absolute Gasteiger partial charge is 0.462 e. The Morgan fingerprint density at radius 2 is 1.32 bits per heavy atom. The van der Waals surface area contributed by atoms with Crippen molar-refractivity contribution >= 4 is 5.97 Å². The number of rotatable bonds is 15. The highest BCUT2D eigenvalue weighted by Gasteiger charge is 2.45. The minimum absolute atomic E-state index is 0.342. The molecule has 31 heavy (non-hydrogen) atoms. The van der Waals surface area contributed by atoms with Crippen molar-refractivity contribution in [1.29, 1.82) is 0 Å². The van der Waals surface area contributed by atoms with Gasteiger partial charge in [0.25, 0.3) is 0 Å². The number of hydrogen-bond donors (Lipinski definition) is 0. The molecule has 0 aliphatic heterocycles. The van der Waals surface area contributed by atoms with Crippen LogP contribution in [-0.2, 0) is 19.9 Å². The average Bonchev–Trinajstić information content (AvgIpc) is 2.82. The van der Waals surface area contributed by atoms with Gasteiger partial charge in [-0.1, -0.05) is 107 Å². The summed E-state index contributed by atoms with van der Waals surface area (Å²) in [6.45, 7) is 9.89. The Balaban J connectivity index is 2.27. The third-order valence-corrected chi connectivity index (χ3v) is 5.75. The summed E-state index contributed by atoms with van der Waals surface area (Å²) in [6, 6.07) is 19.5. The van der Waals surface area contributed by atoms with Crippen molar-refractivity contribution in [2.75, 3.05) is 32.8 Å². The molecule has 0 aliphatic carbocycles. The standard InChI is InChI=1S/C27H39NO3/c1-4-7-8-9-16-22-31-27(24-17-12-10-13-18-24,25-19-14-11-15-20-25)26(29)30-23-21-28(5-2)6-3/h10-15,17-20H,4-9,16,21-23H2,1-3H3. The molecule has 170 valence electrons. The molecular weight excluding hydrogens is 386 g/mol. The van der Waals surface area contributed by atoms with E-state index in [1.807, 2.05) is 60.7 Å². The van der Waals surface area contributed by atoms with Gasteiger partial charge in [-0.15, -0.1) is 0 Å². The van der Waals surface area contributed by atoms with Crippen LogP contribution in [0.15, 0.2) is 60.7 Å². The molecule has 4 heteroatoms. The Morgan fingerprint density at radius 1 is 0.774 bits per heavy atom. The van der Waals surface area contributed by atoms with E-state index in [1.54, 1.807) is 0 Å². The Hall–Kier alpha value is -2.17. The van der Waals surface area contributed by atoms with Crippen LogP contribution in [0.1, 0.15) is 64.0 Å². The zero-order valence-electron chi connectivity index (χ0n) is 19.5.